The highest BCUT2D eigenvalue weighted by atomic mass is 16.5. The summed E-state index contributed by atoms with van der Waals surface area (Å²) in [6.45, 7) is 9.97. The van der Waals surface area contributed by atoms with Gasteiger partial charge in [0.05, 0.1) is 39.5 Å². The molecule has 6 aliphatic carbocycles. The zero-order chi connectivity index (χ0) is 41.4. The van der Waals surface area contributed by atoms with E-state index in [4.69, 9.17) is 14.2 Å². The lowest BCUT2D eigenvalue weighted by atomic mass is 9.45. The molecule has 7 atom stereocenters. The molecule has 0 heterocycles. The van der Waals surface area contributed by atoms with E-state index < -0.39 is 17.1 Å². The van der Waals surface area contributed by atoms with Gasteiger partial charge in [0.1, 0.15) is 5.75 Å². The van der Waals surface area contributed by atoms with Crippen molar-refractivity contribution in [3.8, 4) is 17.2 Å². The molecule has 0 aliphatic heterocycles. The highest BCUT2D eigenvalue weighted by molar-refractivity contribution is 6.10. The van der Waals surface area contributed by atoms with E-state index in [0.717, 1.165) is 41.9 Å². The second kappa shape index (κ2) is 16.8. The Morgan fingerprint density at radius 1 is 0.862 bits per heavy atom. The van der Waals surface area contributed by atoms with Crippen LogP contribution in [0.1, 0.15) is 124 Å². The van der Waals surface area contributed by atoms with E-state index >= 15 is 0 Å². The zero-order valence-corrected chi connectivity index (χ0v) is 35.8. The minimum absolute atomic E-state index is 0.00172. The molecule has 9 rings (SSSR count). The van der Waals surface area contributed by atoms with Crippen molar-refractivity contribution in [2.45, 2.75) is 116 Å². The molecular formula is C50H65NO7. The number of carbonyl (C=O) groups is 2. The second-order valence-electron chi connectivity index (χ2n) is 18.8. The predicted octanol–water partition coefficient (Wildman–Crippen LogP) is 9.13. The van der Waals surface area contributed by atoms with E-state index in [1.165, 1.54) is 18.4 Å². The van der Waals surface area contributed by atoms with Crippen LogP contribution in [0.5, 0.6) is 17.2 Å². The molecule has 4 fully saturated rings. The lowest BCUT2D eigenvalue weighted by Gasteiger charge is -2.61. The minimum atomic E-state index is -1.22. The number of hydrogen-bond acceptors (Lipinski definition) is 7. The van der Waals surface area contributed by atoms with Gasteiger partial charge in [-0.05, 0) is 159 Å². The summed E-state index contributed by atoms with van der Waals surface area (Å²) < 4.78 is 16.5. The Labute approximate surface area is 346 Å². The van der Waals surface area contributed by atoms with Crippen molar-refractivity contribution in [2.75, 3.05) is 34.4 Å². The Hall–Kier alpha value is -4.14. The summed E-state index contributed by atoms with van der Waals surface area (Å²) in [5, 5.41) is 24.4. The Bertz CT molecular complexity index is 2000. The van der Waals surface area contributed by atoms with E-state index in [1.54, 1.807) is 33.5 Å². The summed E-state index contributed by atoms with van der Waals surface area (Å²) in [4.78, 5) is 31.3. The van der Waals surface area contributed by atoms with E-state index in [-0.39, 0.29) is 36.0 Å². The summed E-state index contributed by atoms with van der Waals surface area (Å²) in [5.41, 5.74) is 3.47. The lowest BCUT2D eigenvalue weighted by Crippen LogP contribution is -2.58. The SMILES string of the molecule is COc1ccc(C(=O)c2cc3ccc2[C@@H]2CC[C@@](O)(CN(C[C@@H]4CC[C@H]5C[C@@H]4C5(C)C)C(=O)Cc4ccc(OC)c(OC)c4)[C@@]2(C)CCC=C(C)CC[C@H](O)C3)cc1. The first kappa shape index (κ1) is 42.0. The summed E-state index contributed by atoms with van der Waals surface area (Å²) in [6.07, 6.45) is 9.91. The topological polar surface area (TPSA) is 106 Å². The molecule has 2 N–H and O–H groups in total. The quantitative estimate of drug-likeness (QED) is 0.148. The van der Waals surface area contributed by atoms with Gasteiger partial charge in [0.2, 0.25) is 5.91 Å². The van der Waals surface area contributed by atoms with Crippen LogP contribution in [0.4, 0.5) is 0 Å². The summed E-state index contributed by atoms with van der Waals surface area (Å²) >= 11 is 0. The van der Waals surface area contributed by atoms with Gasteiger partial charge >= 0.3 is 0 Å². The molecule has 3 aromatic rings. The van der Waals surface area contributed by atoms with Crippen LogP contribution in [0.3, 0.4) is 0 Å². The third kappa shape index (κ3) is 8.08. The van der Waals surface area contributed by atoms with E-state index in [1.807, 2.05) is 41.3 Å². The largest absolute Gasteiger partial charge is 0.497 e. The van der Waals surface area contributed by atoms with Crippen LogP contribution >= 0.6 is 0 Å². The lowest BCUT2D eigenvalue weighted by molar-refractivity contribution is -0.149. The third-order valence-electron chi connectivity index (χ3n) is 15.3. The van der Waals surface area contributed by atoms with Crippen LogP contribution in [0.2, 0.25) is 0 Å². The monoisotopic (exact) mass is 791 g/mol. The summed E-state index contributed by atoms with van der Waals surface area (Å²) in [7, 11) is 4.83. The van der Waals surface area contributed by atoms with Gasteiger partial charge in [0, 0.05) is 29.6 Å². The second-order valence-corrected chi connectivity index (χ2v) is 18.8. The molecule has 6 aliphatic rings. The van der Waals surface area contributed by atoms with Crippen LogP contribution in [-0.2, 0) is 17.6 Å². The highest BCUT2D eigenvalue weighted by Gasteiger charge is 2.59. The fraction of sp³-hybridized carbons (Fsp3) is 0.560. The minimum Gasteiger partial charge on any atom is -0.497 e. The highest BCUT2D eigenvalue weighted by Crippen LogP contribution is 2.62. The van der Waals surface area contributed by atoms with Crippen LogP contribution in [0, 0.1) is 28.6 Å². The number of methoxy groups -OCH3 is 3. The number of carbonyl (C=O) groups excluding carboxylic acids is 2. The first-order valence-corrected chi connectivity index (χ1v) is 21.6. The number of amides is 1. The number of fused-ring (bicyclic) bond motifs is 10. The Balaban J connectivity index is 1.27. The molecule has 4 bridgehead atoms. The summed E-state index contributed by atoms with van der Waals surface area (Å²) in [6, 6.07) is 19.0. The Morgan fingerprint density at radius 2 is 1.62 bits per heavy atom. The van der Waals surface area contributed by atoms with Gasteiger partial charge in [-0.1, -0.05) is 50.6 Å². The maximum Gasteiger partial charge on any atom is 0.227 e. The maximum absolute atomic E-state index is 14.8. The molecule has 1 amide bonds. The zero-order valence-electron chi connectivity index (χ0n) is 35.8. The van der Waals surface area contributed by atoms with Crippen molar-refractivity contribution >= 4 is 11.7 Å². The van der Waals surface area contributed by atoms with Gasteiger partial charge in [-0.15, -0.1) is 0 Å². The number of ether oxygens (including phenoxy) is 3. The molecule has 0 spiro atoms. The Kier molecular flexibility index (Phi) is 12.2. The van der Waals surface area contributed by atoms with Crippen LogP contribution in [0.25, 0.3) is 0 Å². The van der Waals surface area contributed by atoms with Crippen molar-refractivity contribution in [3.63, 3.8) is 0 Å². The smallest absolute Gasteiger partial charge is 0.227 e. The molecule has 312 valence electrons. The number of rotatable bonds is 11. The Morgan fingerprint density at radius 3 is 2.31 bits per heavy atom. The van der Waals surface area contributed by atoms with E-state index in [0.29, 0.717) is 78.9 Å². The molecule has 4 saturated carbocycles. The number of benzene rings is 3. The average Bonchev–Trinajstić information content (AvgIpc) is 3.47. The molecule has 0 aromatic heterocycles. The normalized spacial score (nSPS) is 29.0. The van der Waals surface area contributed by atoms with Crippen molar-refractivity contribution in [3.05, 3.63) is 100 Å². The summed E-state index contributed by atoms with van der Waals surface area (Å²) in [5.74, 6) is 3.32. The number of aliphatic hydroxyl groups excluding tert-OH is 1. The molecule has 58 heavy (non-hydrogen) atoms. The van der Waals surface area contributed by atoms with E-state index in [2.05, 4.69) is 45.9 Å². The number of nitrogens with zero attached hydrogens (tertiary/aromatic N) is 1. The molecule has 0 saturated heterocycles. The average molecular weight is 792 g/mol. The maximum atomic E-state index is 14.8. The number of allylic oxidation sites excluding steroid dienone is 2. The fourth-order valence-corrected chi connectivity index (χ4v) is 11.4. The van der Waals surface area contributed by atoms with Crippen molar-refractivity contribution in [1.29, 1.82) is 0 Å². The molecule has 3 aromatic carbocycles. The van der Waals surface area contributed by atoms with Gasteiger partial charge in [-0.3, -0.25) is 9.59 Å². The van der Waals surface area contributed by atoms with Gasteiger partial charge < -0.3 is 29.3 Å². The van der Waals surface area contributed by atoms with Gasteiger partial charge in [0.25, 0.3) is 0 Å². The number of aliphatic hydroxyl groups is 2. The van der Waals surface area contributed by atoms with Gasteiger partial charge in [-0.25, -0.2) is 0 Å². The van der Waals surface area contributed by atoms with E-state index in [9.17, 15) is 19.8 Å². The molecule has 8 heteroatoms. The fourth-order valence-electron chi connectivity index (χ4n) is 11.4. The van der Waals surface area contributed by atoms with Gasteiger partial charge in [-0.2, -0.15) is 0 Å². The van der Waals surface area contributed by atoms with Crippen LogP contribution in [0.15, 0.2) is 72.3 Å². The molecule has 8 nitrogen and oxygen atoms in total. The molecule has 0 unspecified atom stereocenters. The van der Waals surface area contributed by atoms with Crippen LogP contribution in [-0.4, -0.2) is 72.9 Å². The number of hydrogen-bond donors (Lipinski definition) is 2. The van der Waals surface area contributed by atoms with Crippen molar-refractivity contribution in [2.24, 2.45) is 28.6 Å². The standard InChI is InChI=1S/C50H65NO7/c1-32-9-8-23-49(4)42(40-20-11-33(25-38(52)17-10-32)26-41(40)47(54)35-14-18-39(56-5)19-15-35)22-24-50(49,55)31-51(30-36-13-16-37-29-43(36)48(37,2)3)46(53)28-34-12-21-44(57-6)45(27-34)58-7/h9,11-12,14-15,18-21,26-27,36-38,42-43,52,55H,8,10,13,16-17,22-25,28-31H2,1-7H3/t36-,37-,38-,42-,43-,49-,50+/m0/s1. The van der Waals surface area contributed by atoms with Gasteiger partial charge in [0.15, 0.2) is 17.3 Å². The molecular weight excluding hydrogens is 727 g/mol. The van der Waals surface area contributed by atoms with Crippen LogP contribution < -0.4 is 14.2 Å². The first-order chi connectivity index (χ1) is 27.7. The first-order valence-electron chi connectivity index (χ1n) is 21.6. The third-order valence-corrected chi connectivity index (χ3v) is 15.3. The van der Waals surface area contributed by atoms with Crippen molar-refractivity contribution < 1.29 is 34.0 Å². The van der Waals surface area contributed by atoms with Crippen molar-refractivity contribution in [1.82, 2.24) is 4.90 Å². The predicted molar refractivity (Wildman–Crippen MR) is 228 cm³/mol. The molecule has 0 radical (unpaired) electrons. The number of ketones is 1.